The number of fused-ring (bicyclic) bond motifs is 2. The van der Waals surface area contributed by atoms with Crippen LogP contribution in [0.1, 0.15) is 43.4 Å². The Hall–Kier alpha value is -4.28. The van der Waals surface area contributed by atoms with Gasteiger partial charge in [-0.05, 0) is 69.7 Å². The highest BCUT2D eigenvalue weighted by atomic mass is 35.5. The van der Waals surface area contributed by atoms with E-state index < -0.39 is 18.8 Å². The molecule has 16 heteroatoms. The van der Waals surface area contributed by atoms with Crippen LogP contribution in [0.25, 0.3) is 32.1 Å². The smallest absolute Gasteiger partial charge is 0.319 e. The molecule has 2 aromatic carbocycles. The van der Waals surface area contributed by atoms with Crippen LogP contribution in [-0.2, 0) is 4.57 Å². The van der Waals surface area contributed by atoms with Crippen molar-refractivity contribution in [2.45, 2.75) is 37.8 Å². The summed E-state index contributed by atoms with van der Waals surface area (Å²) in [7, 11) is -2.23. The average molecular weight is 779 g/mol. The van der Waals surface area contributed by atoms with Gasteiger partial charge in [0.25, 0.3) is 0 Å². The van der Waals surface area contributed by atoms with E-state index in [0.717, 1.165) is 49.3 Å². The molecule has 53 heavy (non-hydrogen) atoms. The molecule has 0 radical (unpaired) electrons. The lowest BCUT2D eigenvalue weighted by Crippen LogP contribution is -2.43. The summed E-state index contributed by atoms with van der Waals surface area (Å²) in [5.41, 5.74) is 12.9. The van der Waals surface area contributed by atoms with Crippen LogP contribution in [-0.4, -0.2) is 77.7 Å². The number of nitriles is 1. The second-order valence-electron chi connectivity index (χ2n) is 14.7. The maximum Gasteiger partial charge on any atom is 0.319 e. The van der Waals surface area contributed by atoms with E-state index in [-0.39, 0.29) is 90.2 Å². The van der Waals surface area contributed by atoms with E-state index in [9.17, 15) is 9.83 Å². The number of nitrogen functional groups attached to an aromatic ring is 2. The number of hydrogen-bond acceptors (Lipinski definition) is 12. The second kappa shape index (κ2) is 13.2. The summed E-state index contributed by atoms with van der Waals surface area (Å²) in [6, 6.07) is 7.89. The summed E-state index contributed by atoms with van der Waals surface area (Å²) in [6.07, 6.45) is 5.03. The fraction of sp³-hybridized carbons (Fsp3) is 0.405. The maximum absolute atomic E-state index is 17.4. The Morgan fingerprint density at radius 3 is 2.79 bits per heavy atom. The molecular formula is C37H38ClF2N8O3PS. The lowest BCUT2D eigenvalue weighted by Gasteiger charge is -2.32. The van der Waals surface area contributed by atoms with E-state index in [0.29, 0.717) is 24.3 Å². The van der Waals surface area contributed by atoms with Crippen molar-refractivity contribution in [3.63, 3.8) is 0 Å². The summed E-state index contributed by atoms with van der Waals surface area (Å²) in [5.74, 6) is -0.299. The van der Waals surface area contributed by atoms with Crippen LogP contribution in [0.2, 0.25) is 5.02 Å². The van der Waals surface area contributed by atoms with Gasteiger partial charge in [-0.15, -0.1) is 11.3 Å². The van der Waals surface area contributed by atoms with Gasteiger partial charge in [0.2, 0.25) is 0 Å². The number of benzene rings is 2. The number of ether oxygens (including phenoxy) is 2. The van der Waals surface area contributed by atoms with E-state index in [1.165, 1.54) is 12.1 Å². The highest BCUT2D eigenvalue weighted by molar-refractivity contribution is 7.62. The summed E-state index contributed by atoms with van der Waals surface area (Å²) in [6.45, 7) is 8.10. The van der Waals surface area contributed by atoms with Crippen molar-refractivity contribution in [3.05, 3.63) is 58.2 Å². The number of hydrogen-bond donors (Lipinski definition) is 2. The van der Waals surface area contributed by atoms with Crippen LogP contribution in [0.4, 0.5) is 25.4 Å². The lowest BCUT2D eigenvalue weighted by atomic mass is 9.91. The van der Waals surface area contributed by atoms with Crippen LogP contribution in [0.5, 0.6) is 11.8 Å². The Bertz CT molecular complexity index is 2400. The van der Waals surface area contributed by atoms with E-state index in [4.69, 9.17) is 42.5 Å². The van der Waals surface area contributed by atoms with Gasteiger partial charge < -0.3 is 30.4 Å². The minimum Gasteiger partial charge on any atom is -0.489 e. The molecule has 0 spiro atoms. The Kier molecular flexibility index (Phi) is 8.92. The zero-order valence-corrected chi connectivity index (χ0v) is 31.9. The first-order chi connectivity index (χ1) is 25.3. The Morgan fingerprint density at radius 2 is 2.04 bits per heavy atom. The Balaban J connectivity index is 1.31. The molecule has 8 rings (SSSR count). The number of aromatic nitrogens is 3. The lowest BCUT2D eigenvalue weighted by molar-refractivity contribution is 0.107. The van der Waals surface area contributed by atoms with Crippen LogP contribution < -0.4 is 25.8 Å². The molecule has 0 aliphatic carbocycles. The summed E-state index contributed by atoms with van der Waals surface area (Å²) in [5, 5.41) is 10.4. The first-order valence-corrected chi connectivity index (χ1v) is 21.4. The van der Waals surface area contributed by atoms with Gasteiger partial charge in [0.05, 0.1) is 45.9 Å². The molecule has 3 aliphatic heterocycles. The molecule has 5 aromatic rings. The minimum atomic E-state index is -2.23. The molecule has 2 fully saturated rings. The van der Waals surface area contributed by atoms with Crippen molar-refractivity contribution in [1.29, 1.82) is 5.26 Å². The largest absolute Gasteiger partial charge is 0.489 e. The van der Waals surface area contributed by atoms with Crippen molar-refractivity contribution >= 4 is 67.7 Å². The number of nitrogens with zero attached hydrogens (tertiary/aromatic N) is 6. The van der Waals surface area contributed by atoms with Crippen molar-refractivity contribution in [3.8, 4) is 29.0 Å². The number of nitrogens with two attached hydrogens (primary N) is 2. The second-order valence-corrected chi connectivity index (χ2v) is 19.7. The van der Waals surface area contributed by atoms with Crippen molar-refractivity contribution in [1.82, 2.24) is 19.9 Å². The zero-order chi connectivity index (χ0) is 37.4. The highest BCUT2D eigenvalue weighted by Gasteiger charge is 2.49. The molecule has 3 aromatic heterocycles. The zero-order valence-electron chi connectivity index (χ0n) is 29.5. The SMILES string of the molecule is C[C@H](c1cccnc1N)N1CCOc2c(Cl)c(-c3ccc(F)c4sc(N)c(C#N)c34)c(F)c3nc(OC[C@@]45CCCN4C[C@H](CP(C)(C)=O)C5)nc1c23. The molecule has 11 nitrogen and oxygen atoms in total. The van der Waals surface area contributed by atoms with Crippen molar-refractivity contribution in [2.75, 3.05) is 68.7 Å². The third kappa shape index (κ3) is 6.02. The minimum absolute atomic E-state index is 0.0287. The highest BCUT2D eigenvalue weighted by Crippen LogP contribution is 2.52. The third-order valence-corrected chi connectivity index (χ3v) is 13.6. The quantitative estimate of drug-likeness (QED) is 0.149. The van der Waals surface area contributed by atoms with Gasteiger partial charge in [-0.1, -0.05) is 23.7 Å². The van der Waals surface area contributed by atoms with Gasteiger partial charge in [0.15, 0.2) is 11.6 Å². The molecule has 0 saturated carbocycles. The molecule has 0 unspecified atom stereocenters. The Morgan fingerprint density at radius 1 is 1.23 bits per heavy atom. The van der Waals surface area contributed by atoms with Crippen LogP contribution >= 0.6 is 30.1 Å². The summed E-state index contributed by atoms with van der Waals surface area (Å²) < 4.78 is 58.2. The molecule has 3 aliphatic rings. The maximum atomic E-state index is 17.4. The predicted octanol–water partition coefficient (Wildman–Crippen LogP) is 7.69. The molecule has 3 atom stereocenters. The first kappa shape index (κ1) is 35.7. The predicted molar refractivity (Wildman–Crippen MR) is 206 cm³/mol. The van der Waals surface area contributed by atoms with Gasteiger partial charge in [-0.2, -0.15) is 15.2 Å². The number of anilines is 3. The number of halogens is 3. The van der Waals surface area contributed by atoms with E-state index in [1.54, 1.807) is 12.3 Å². The summed E-state index contributed by atoms with van der Waals surface area (Å²) in [4.78, 5) is 18.3. The van der Waals surface area contributed by atoms with Gasteiger partial charge >= 0.3 is 6.01 Å². The van der Waals surface area contributed by atoms with E-state index in [2.05, 4.69) is 9.88 Å². The molecule has 276 valence electrons. The van der Waals surface area contributed by atoms with Gasteiger partial charge in [0.1, 0.15) is 47.3 Å². The van der Waals surface area contributed by atoms with Crippen LogP contribution in [0.3, 0.4) is 0 Å². The number of rotatable bonds is 8. The fourth-order valence-electron chi connectivity index (χ4n) is 8.66. The third-order valence-electron chi connectivity index (χ3n) is 10.8. The van der Waals surface area contributed by atoms with Gasteiger partial charge in [0, 0.05) is 35.4 Å². The van der Waals surface area contributed by atoms with Crippen LogP contribution in [0.15, 0.2) is 30.5 Å². The van der Waals surface area contributed by atoms with E-state index in [1.807, 2.05) is 37.3 Å². The Labute approximate surface area is 314 Å². The molecule has 4 N–H and O–H groups in total. The molecule has 0 bridgehead atoms. The molecular weight excluding hydrogens is 741 g/mol. The van der Waals surface area contributed by atoms with Crippen molar-refractivity contribution < 1.29 is 22.8 Å². The topological polar surface area (TPSA) is 157 Å². The number of pyridine rings is 1. The molecule has 0 amide bonds. The van der Waals surface area contributed by atoms with Crippen LogP contribution in [0, 0.1) is 28.9 Å². The fourth-order valence-corrected chi connectivity index (χ4v) is 11.4. The van der Waals surface area contributed by atoms with E-state index >= 15 is 8.78 Å². The van der Waals surface area contributed by atoms with Crippen molar-refractivity contribution in [2.24, 2.45) is 5.92 Å². The van der Waals surface area contributed by atoms with Gasteiger partial charge in [-0.3, -0.25) is 4.90 Å². The normalized spacial score (nSPS) is 20.7. The van der Waals surface area contributed by atoms with Gasteiger partial charge in [-0.25, -0.2) is 13.8 Å². The standard InChI is InChI=1S/C37H38ClF2N8O3PS/c1-19(21-6-4-10-44-33(21)42)48-12-13-50-31-27-30(29(40)26(28(31)38)22-7-8-24(39)32-25(22)23(15-41)34(43)53-32)45-36(46-35(27)48)51-18-37-9-5-11-47(37)16-20(14-37)17-52(2,3)49/h4,6-8,10,19-20H,5,9,11-14,16-18,43H2,1-3H3,(H2,42,44)/t19-,20-,37+/m1/s1. The first-order valence-electron chi connectivity index (χ1n) is 17.5. The average Bonchev–Trinajstić information content (AvgIpc) is 3.71. The molecule has 2 saturated heterocycles. The monoisotopic (exact) mass is 778 g/mol. The number of thiophene rings is 1. The molecule has 6 heterocycles. The summed E-state index contributed by atoms with van der Waals surface area (Å²) >= 11 is 8.01.